The normalized spacial score (nSPS) is 21.4. The molecule has 138 valence electrons. The number of carbonyl (C=O) groups excluding carboxylic acids is 1. The molecule has 0 radical (unpaired) electrons. The molecular weight excluding hydrogens is 346 g/mol. The number of amides is 1. The van der Waals surface area contributed by atoms with Gasteiger partial charge in [-0.3, -0.25) is 4.79 Å². The van der Waals surface area contributed by atoms with Crippen molar-refractivity contribution in [1.29, 1.82) is 0 Å². The molecule has 0 spiro atoms. The van der Waals surface area contributed by atoms with Gasteiger partial charge in [0.1, 0.15) is 0 Å². The highest BCUT2D eigenvalue weighted by Gasteiger charge is 2.47. The molecule has 3 atom stereocenters. The predicted molar refractivity (Wildman–Crippen MR) is 111 cm³/mol. The van der Waals surface area contributed by atoms with Crippen LogP contribution in [-0.4, -0.2) is 31.2 Å². The van der Waals surface area contributed by atoms with Gasteiger partial charge in [-0.05, 0) is 30.1 Å². The molecular formula is C20H31NO2SSi. The highest BCUT2D eigenvalue weighted by molar-refractivity contribution is 7.80. The second-order valence-corrected chi connectivity index (χ2v) is 12.2. The largest absolute Gasteiger partial charge is 0.413 e. The molecule has 1 amide bonds. The number of hydrogen-bond acceptors (Lipinski definition) is 3. The smallest absolute Gasteiger partial charge is 0.228 e. The van der Waals surface area contributed by atoms with Gasteiger partial charge in [-0.25, -0.2) is 0 Å². The number of rotatable bonds is 10. The Morgan fingerprint density at radius 2 is 1.76 bits per heavy atom. The summed E-state index contributed by atoms with van der Waals surface area (Å²) in [7, 11) is -1.72. The van der Waals surface area contributed by atoms with Crippen LogP contribution in [0.3, 0.4) is 0 Å². The SMILES string of the molecule is CC[C@H](O[Si](CC)(CC)CC)[C@@H]1C(=O)N[C@@H]1CC(=S)c1ccccc1. The Labute approximate surface area is 158 Å². The third-order valence-corrected chi connectivity index (χ3v) is 10.8. The zero-order chi connectivity index (χ0) is 18.4. The minimum atomic E-state index is -1.72. The Balaban J connectivity index is 2.07. The van der Waals surface area contributed by atoms with Crippen LogP contribution in [0, 0.1) is 5.92 Å². The molecule has 0 unspecified atom stereocenters. The van der Waals surface area contributed by atoms with E-state index in [1.807, 2.05) is 30.3 Å². The summed E-state index contributed by atoms with van der Waals surface area (Å²) in [6.07, 6.45) is 1.61. The lowest BCUT2D eigenvalue weighted by Crippen LogP contribution is -2.64. The summed E-state index contributed by atoms with van der Waals surface area (Å²) in [4.78, 5) is 13.2. The summed E-state index contributed by atoms with van der Waals surface area (Å²) in [5.41, 5.74) is 1.07. The number of carbonyl (C=O) groups is 1. The van der Waals surface area contributed by atoms with Crippen LogP contribution in [-0.2, 0) is 9.22 Å². The molecule has 5 heteroatoms. The molecule has 0 bridgehead atoms. The van der Waals surface area contributed by atoms with Crippen LogP contribution in [0.5, 0.6) is 0 Å². The molecule has 1 aromatic rings. The van der Waals surface area contributed by atoms with Gasteiger partial charge in [0.2, 0.25) is 5.91 Å². The van der Waals surface area contributed by atoms with Crippen molar-refractivity contribution in [2.24, 2.45) is 5.92 Å². The van der Waals surface area contributed by atoms with Crippen LogP contribution >= 0.6 is 12.2 Å². The molecule has 1 saturated heterocycles. The number of hydrogen-bond donors (Lipinski definition) is 1. The first kappa shape index (κ1) is 20.3. The molecule has 1 aliphatic rings. The van der Waals surface area contributed by atoms with Gasteiger partial charge < -0.3 is 9.74 Å². The van der Waals surface area contributed by atoms with Gasteiger partial charge in [-0.1, -0.05) is 70.2 Å². The fraction of sp³-hybridized carbons (Fsp3) is 0.600. The third-order valence-electron chi connectivity index (χ3n) is 5.70. The molecule has 0 aromatic heterocycles. The van der Waals surface area contributed by atoms with E-state index in [2.05, 4.69) is 33.0 Å². The topological polar surface area (TPSA) is 38.3 Å². The number of benzene rings is 1. The van der Waals surface area contributed by atoms with Gasteiger partial charge in [-0.2, -0.15) is 0 Å². The van der Waals surface area contributed by atoms with E-state index < -0.39 is 8.32 Å². The average molecular weight is 378 g/mol. The van der Waals surface area contributed by atoms with Crippen molar-refractivity contribution in [3.8, 4) is 0 Å². The highest BCUT2D eigenvalue weighted by atomic mass is 32.1. The maximum absolute atomic E-state index is 12.3. The van der Waals surface area contributed by atoms with Crippen LogP contribution in [0.15, 0.2) is 30.3 Å². The van der Waals surface area contributed by atoms with Crippen molar-refractivity contribution >= 4 is 31.3 Å². The summed E-state index contributed by atoms with van der Waals surface area (Å²) in [5.74, 6) is 0.0575. The Hall–Kier alpha value is -1.04. The van der Waals surface area contributed by atoms with E-state index in [4.69, 9.17) is 16.6 Å². The maximum Gasteiger partial charge on any atom is 0.228 e. The predicted octanol–water partition coefficient (Wildman–Crippen LogP) is 4.71. The van der Waals surface area contributed by atoms with Crippen LogP contribution < -0.4 is 5.32 Å². The van der Waals surface area contributed by atoms with Crippen molar-refractivity contribution < 1.29 is 9.22 Å². The summed E-state index contributed by atoms with van der Waals surface area (Å²) < 4.78 is 6.66. The molecule has 1 heterocycles. The molecule has 1 N–H and O–H groups in total. The maximum atomic E-state index is 12.3. The monoisotopic (exact) mass is 377 g/mol. The van der Waals surface area contributed by atoms with Crippen LogP contribution in [0.1, 0.15) is 46.1 Å². The molecule has 3 nitrogen and oxygen atoms in total. The van der Waals surface area contributed by atoms with E-state index >= 15 is 0 Å². The van der Waals surface area contributed by atoms with Gasteiger partial charge in [0.15, 0.2) is 8.32 Å². The number of β-lactam (4-membered cyclic amide) rings is 1. The summed E-state index contributed by atoms with van der Waals surface area (Å²) in [6, 6.07) is 13.5. The van der Waals surface area contributed by atoms with E-state index in [1.54, 1.807) is 0 Å². The van der Waals surface area contributed by atoms with Gasteiger partial charge in [0, 0.05) is 17.3 Å². The lowest BCUT2D eigenvalue weighted by molar-refractivity contribution is -0.140. The third kappa shape index (κ3) is 4.57. The average Bonchev–Trinajstić information content (AvgIpc) is 2.65. The first-order chi connectivity index (χ1) is 12.0. The summed E-state index contributed by atoms with van der Waals surface area (Å²) in [6.45, 7) is 8.82. The molecule has 0 saturated carbocycles. The minimum Gasteiger partial charge on any atom is -0.413 e. The lowest BCUT2D eigenvalue weighted by Gasteiger charge is -2.44. The lowest BCUT2D eigenvalue weighted by atomic mass is 9.81. The van der Waals surface area contributed by atoms with Crippen molar-refractivity contribution in [3.05, 3.63) is 35.9 Å². The van der Waals surface area contributed by atoms with Crippen LogP contribution in [0.2, 0.25) is 18.1 Å². The van der Waals surface area contributed by atoms with Crippen molar-refractivity contribution in [2.75, 3.05) is 0 Å². The summed E-state index contributed by atoms with van der Waals surface area (Å²) >= 11 is 5.61. The van der Waals surface area contributed by atoms with Gasteiger partial charge in [0.05, 0.1) is 12.0 Å². The zero-order valence-electron chi connectivity index (χ0n) is 15.9. The van der Waals surface area contributed by atoms with Gasteiger partial charge in [-0.15, -0.1) is 0 Å². The van der Waals surface area contributed by atoms with E-state index in [0.717, 1.165) is 35.0 Å². The first-order valence-corrected chi connectivity index (χ1v) is 12.5. The summed E-state index contributed by atoms with van der Waals surface area (Å²) in [5, 5.41) is 3.06. The first-order valence-electron chi connectivity index (χ1n) is 9.56. The molecule has 2 rings (SSSR count). The fourth-order valence-electron chi connectivity index (χ4n) is 3.73. The van der Waals surface area contributed by atoms with Crippen molar-refractivity contribution in [1.82, 2.24) is 5.32 Å². The van der Waals surface area contributed by atoms with E-state index in [9.17, 15) is 4.79 Å². The standard InChI is InChI=1S/C20H31NO2SSi/c1-5-17(23-25(6-2,7-3)8-4)19-16(21-20(19)22)14-18(24)15-12-10-9-11-13-15/h9-13,16-17,19H,5-8,14H2,1-4H3,(H,21,22)/t16-,17+,19-/m1/s1. The number of nitrogens with one attached hydrogen (secondary N) is 1. The van der Waals surface area contributed by atoms with Crippen LogP contribution in [0.4, 0.5) is 0 Å². The van der Waals surface area contributed by atoms with E-state index in [1.165, 1.54) is 0 Å². The molecule has 1 aromatic carbocycles. The second kappa shape index (κ2) is 9.06. The molecule has 0 aliphatic carbocycles. The molecule has 25 heavy (non-hydrogen) atoms. The van der Waals surface area contributed by atoms with E-state index in [-0.39, 0.29) is 24.0 Å². The van der Waals surface area contributed by atoms with Crippen molar-refractivity contribution in [3.63, 3.8) is 0 Å². The van der Waals surface area contributed by atoms with Crippen LogP contribution in [0.25, 0.3) is 0 Å². The van der Waals surface area contributed by atoms with E-state index in [0.29, 0.717) is 6.42 Å². The second-order valence-electron chi connectivity index (χ2n) is 6.94. The zero-order valence-corrected chi connectivity index (χ0v) is 17.7. The Morgan fingerprint density at radius 1 is 1.16 bits per heavy atom. The fourth-order valence-corrected chi connectivity index (χ4v) is 7.01. The van der Waals surface area contributed by atoms with Gasteiger partial charge in [0.25, 0.3) is 0 Å². The Morgan fingerprint density at radius 3 is 2.24 bits per heavy atom. The minimum absolute atomic E-state index is 0.0174. The Kier molecular flexibility index (Phi) is 7.34. The van der Waals surface area contributed by atoms with Crippen molar-refractivity contribution in [2.45, 2.75) is 70.8 Å². The molecule has 1 aliphatic heterocycles. The quantitative estimate of drug-likeness (QED) is 0.278. The number of thiocarbonyl (C=S) groups is 1. The highest BCUT2D eigenvalue weighted by Crippen LogP contribution is 2.32. The molecule has 1 fully saturated rings. The Bertz CT molecular complexity index is 580. The van der Waals surface area contributed by atoms with Gasteiger partial charge >= 0.3 is 0 Å².